The fourth-order valence-corrected chi connectivity index (χ4v) is 4.72. The third-order valence-corrected chi connectivity index (χ3v) is 6.60. The van der Waals surface area contributed by atoms with Crippen molar-refractivity contribution in [2.45, 2.75) is 33.1 Å². The predicted octanol–water partition coefficient (Wildman–Crippen LogP) is 6.72. The van der Waals surface area contributed by atoms with Gasteiger partial charge in [-0.3, -0.25) is 0 Å². The lowest BCUT2D eigenvalue weighted by Gasteiger charge is -2.20. The molecule has 0 bridgehead atoms. The van der Waals surface area contributed by atoms with Crippen LogP contribution in [0.1, 0.15) is 29.8 Å². The van der Waals surface area contributed by atoms with Gasteiger partial charge in [0.15, 0.2) is 5.82 Å². The largest absolute Gasteiger partial charge is 0.487 e. The molecule has 0 aliphatic rings. The van der Waals surface area contributed by atoms with Gasteiger partial charge in [-0.05, 0) is 49.7 Å². The molecule has 1 atom stereocenters. The number of hydrogen-bond donors (Lipinski definition) is 0. The van der Waals surface area contributed by atoms with Crippen LogP contribution < -0.4 is 9.47 Å². The highest BCUT2D eigenvalue weighted by Crippen LogP contribution is 2.35. The molecule has 0 fully saturated rings. The molecular formula is C27H23ClF3N5O2. The number of aromatic nitrogens is 5. The van der Waals surface area contributed by atoms with E-state index in [0.717, 1.165) is 16.6 Å². The summed E-state index contributed by atoms with van der Waals surface area (Å²) in [6, 6.07) is 11.1. The number of hydrogen-bond acceptors (Lipinski definition) is 5. The first kappa shape index (κ1) is 25.6. The number of halogens is 4. The smallest absolute Gasteiger partial charge is 0.387 e. The van der Waals surface area contributed by atoms with Crippen LogP contribution in [0.3, 0.4) is 0 Å². The quantitative estimate of drug-likeness (QED) is 0.218. The van der Waals surface area contributed by atoms with Crippen LogP contribution in [0.25, 0.3) is 22.3 Å². The molecule has 0 unspecified atom stereocenters. The summed E-state index contributed by atoms with van der Waals surface area (Å²) in [6.45, 7) is 0.766. The molecule has 11 heteroatoms. The molecule has 0 spiro atoms. The number of ether oxygens (including phenoxy) is 2. The Bertz CT molecular complexity index is 1620. The number of rotatable bonds is 8. The van der Waals surface area contributed by atoms with Crippen molar-refractivity contribution in [3.05, 3.63) is 88.8 Å². The number of para-hydroxylation sites is 1. The fraction of sp³-hybridized carbons (Fsp3) is 0.222. The van der Waals surface area contributed by atoms with Gasteiger partial charge in [0, 0.05) is 41.6 Å². The minimum atomic E-state index is -2.94. The zero-order valence-corrected chi connectivity index (χ0v) is 21.5. The molecule has 38 heavy (non-hydrogen) atoms. The van der Waals surface area contributed by atoms with Crippen LogP contribution in [0.4, 0.5) is 13.2 Å². The van der Waals surface area contributed by atoms with Crippen molar-refractivity contribution in [3.63, 3.8) is 0 Å². The Morgan fingerprint density at radius 1 is 1.13 bits per heavy atom. The average Bonchev–Trinajstić information content (AvgIpc) is 3.50. The van der Waals surface area contributed by atoms with Gasteiger partial charge in [-0.2, -0.15) is 13.9 Å². The van der Waals surface area contributed by atoms with Gasteiger partial charge in [-0.15, -0.1) is 0 Å². The summed E-state index contributed by atoms with van der Waals surface area (Å²) >= 11 is 6.47. The van der Waals surface area contributed by atoms with E-state index in [2.05, 4.69) is 14.8 Å². The average molecular weight is 542 g/mol. The molecule has 0 saturated heterocycles. The molecule has 0 saturated carbocycles. The summed E-state index contributed by atoms with van der Waals surface area (Å²) in [6.07, 6.45) is 4.49. The van der Waals surface area contributed by atoms with Gasteiger partial charge in [0.25, 0.3) is 0 Å². The van der Waals surface area contributed by atoms with E-state index in [-0.39, 0.29) is 17.4 Å². The van der Waals surface area contributed by atoms with Gasteiger partial charge in [0.1, 0.15) is 35.8 Å². The van der Waals surface area contributed by atoms with Crippen molar-refractivity contribution in [3.8, 4) is 22.9 Å². The van der Waals surface area contributed by atoms with Crippen molar-refractivity contribution >= 4 is 22.5 Å². The summed E-state index contributed by atoms with van der Waals surface area (Å²) in [5, 5.41) is 5.20. The van der Waals surface area contributed by atoms with E-state index < -0.39 is 18.5 Å². The van der Waals surface area contributed by atoms with E-state index in [9.17, 15) is 13.2 Å². The number of fused-ring (bicyclic) bond motifs is 1. The minimum absolute atomic E-state index is 0.00284. The predicted molar refractivity (Wildman–Crippen MR) is 137 cm³/mol. The number of pyridine rings is 1. The monoisotopic (exact) mass is 541 g/mol. The molecular weight excluding hydrogens is 519 g/mol. The molecule has 0 N–H and O–H groups in total. The summed E-state index contributed by atoms with van der Waals surface area (Å²) in [7, 11) is 1.82. The van der Waals surface area contributed by atoms with Crippen molar-refractivity contribution in [2.24, 2.45) is 7.05 Å². The van der Waals surface area contributed by atoms with E-state index in [4.69, 9.17) is 21.3 Å². The highest BCUT2D eigenvalue weighted by molar-refractivity contribution is 6.31. The third kappa shape index (κ3) is 5.04. The van der Waals surface area contributed by atoms with Crippen molar-refractivity contribution in [2.75, 3.05) is 0 Å². The number of alkyl halides is 2. The van der Waals surface area contributed by atoms with Crippen LogP contribution in [0.2, 0.25) is 5.02 Å². The SMILES string of the molecule is Cc1cc(-c2ncnn2C)c2cccc(OCc3c(Cl)cc(F)cc3[C@H](C)n3ccc(OC(F)F)c3)c2n1. The lowest BCUT2D eigenvalue weighted by Crippen LogP contribution is -2.11. The zero-order chi connectivity index (χ0) is 27.0. The molecule has 3 heterocycles. The number of nitrogens with zero attached hydrogens (tertiary/aromatic N) is 5. The normalized spacial score (nSPS) is 12.3. The van der Waals surface area contributed by atoms with E-state index in [1.54, 1.807) is 28.4 Å². The van der Waals surface area contributed by atoms with Gasteiger partial charge < -0.3 is 14.0 Å². The molecule has 0 amide bonds. The maximum absolute atomic E-state index is 14.4. The molecule has 0 aliphatic heterocycles. The maximum Gasteiger partial charge on any atom is 0.387 e. The Hall–Kier alpha value is -4.05. The first-order valence-corrected chi connectivity index (χ1v) is 12.1. The lowest BCUT2D eigenvalue weighted by atomic mass is 10.0. The Morgan fingerprint density at radius 2 is 1.95 bits per heavy atom. The Morgan fingerprint density at radius 3 is 2.68 bits per heavy atom. The van der Waals surface area contributed by atoms with Crippen molar-refractivity contribution in [1.82, 2.24) is 24.3 Å². The van der Waals surface area contributed by atoms with Gasteiger partial charge in [-0.25, -0.2) is 19.0 Å². The Balaban J connectivity index is 1.50. The molecule has 5 aromatic rings. The molecule has 7 nitrogen and oxygen atoms in total. The second-order valence-corrected chi connectivity index (χ2v) is 9.17. The Kier molecular flexibility index (Phi) is 6.98. The highest BCUT2D eigenvalue weighted by Gasteiger charge is 2.20. The van der Waals surface area contributed by atoms with Crippen molar-refractivity contribution in [1.29, 1.82) is 0 Å². The van der Waals surface area contributed by atoms with E-state index in [1.165, 1.54) is 30.7 Å². The first-order chi connectivity index (χ1) is 18.2. The van der Waals surface area contributed by atoms with Crippen LogP contribution in [0, 0.1) is 12.7 Å². The lowest BCUT2D eigenvalue weighted by molar-refractivity contribution is -0.0498. The van der Waals surface area contributed by atoms with Gasteiger partial charge >= 0.3 is 6.61 Å². The summed E-state index contributed by atoms with van der Waals surface area (Å²) in [4.78, 5) is 9.08. The zero-order valence-electron chi connectivity index (χ0n) is 20.7. The third-order valence-electron chi connectivity index (χ3n) is 6.26. The van der Waals surface area contributed by atoms with Crippen LogP contribution in [0.5, 0.6) is 11.5 Å². The summed E-state index contributed by atoms with van der Waals surface area (Å²) < 4.78 is 53.7. The second-order valence-electron chi connectivity index (χ2n) is 8.76. The van der Waals surface area contributed by atoms with E-state index in [1.807, 2.05) is 32.2 Å². The Labute approximate surface area is 221 Å². The van der Waals surface area contributed by atoms with Crippen molar-refractivity contribution < 1.29 is 22.6 Å². The maximum atomic E-state index is 14.4. The van der Waals surface area contributed by atoms with Crippen LogP contribution in [-0.4, -0.2) is 30.9 Å². The molecule has 2 aromatic carbocycles. The minimum Gasteiger partial charge on any atom is -0.487 e. The fourth-order valence-electron chi connectivity index (χ4n) is 4.46. The molecule has 196 valence electrons. The second kappa shape index (κ2) is 10.4. The number of benzene rings is 2. The standard InChI is InChI=1S/C27H23ClF3N5O2/c1-15-9-21(26-32-14-33-35(26)3)19-5-4-6-24(25(19)34-15)37-13-22-20(10-17(29)11-23(22)28)16(2)36-8-7-18(12-36)38-27(30)31/h4-12,14,16,27H,13H2,1-3H3/t16-/m0/s1. The summed E-state index contributed by atoms with van der Waals surface area (Å²) in [5.74, 6) is 0.690. The first-order valence-electron chi connectivity index (χ1n) is 11.7. The van der Waals surface area contributed by atoms with Crippen LogP contribution >= 0.6 is 11.6 Å². The topological polar surface area (TPSA) is 67.0 Å². The molecule has 0 radical (unpaired) electrons. The van der Waals surface area contributed by atoms with E-state index >= 15 is 0 Å². The molecule has 0 aliphatic carbocycles. The summed E-state index contributed by atoms with van der Waals surface area (Å²) in [5.41, 5.74) is 3.37. The van der Waals surface area contributed by atoms with Gasteiger partial charge in [-0.1, -0.05) is 23.7 Å². The molecule has 5 rings (SSSR count). The van der Waals surface area contributed by atoms with Gasteiger partial charge in [0.05, 0.1) is 11.1 Å². The van der Waals surface area contributed by atoms with Gasteiger partial charge in [0.2, 0.25) is 0 Å². The number of aryl methyl sites for hydroxylation is 2. The van der Waals surface area contributed by atoms with E-state index in [0.29, 0.717) is 28.2 Å². The molecule has 3 aromatic heterocycles. The highest BCUT2D eigenvalue weighted by atomic mass is 35.5. The van der Waals surface area contributed by atoms with Crippen LogP contribution in [0.15, 0.2) is 61.2 Å². The van der Waals surface area contributed by atoms with Crippen LogP contribution in [-0.2, 0) is 13.7 Å².